The van der Waals surface area contributed by atoms with Gasteiger partial charge >= 0.3 is 0 Å². The molecule has 0 aliphatic carbocycles. The van der Waals surface area contributed by atoms with E-state index < -0.39 is 0 Å². The van der Waals surface area contributed by atoms with Gasteiger partial charge in [0.25, 0.3) is 5.91 Å². The summed E-state index contributed by atoms with van der Waals surface area (Å²) in [4.78, 5) is 12.2. The minimum absolute atomic E-state index is 0.158. The van der Waals surface area contributed by atoms with Crippen LogP contribution in [0.15, 0.2) is 28.7 Å². The van der Waals surface area contributed by atoms with Crippen LogP contribution < -0.4 is 5.32 Å². The Hall–Kier alpha value is -1.47. The summed E-state index contributed by atoms with van der Waals surface area (Å²) in [6.07, 6.45) is 0. The van der Waals surface area contributed by atoms with Crippen LogP contribution >= 0.6 is 28.1 Å². The van der Waals surface area contributed by atoms with Gasteiger partial charge in [-0.2, -0.15) is 5.10 Å². The molecular formula is C12H13BrN4OS. The molecule has 1 atom stereocenters. The van der Waals surface area contributed by atoms with Crippen LogP contribution in [-0.2, 0) is 7.05 Å². The highest BCUT2D eigenvalue weighted by Crippen LogP contribution is 2.17. The maximum atomic E-state index is 12.2. The first-order chi connectivity index (χ1) is 9.00. The van der Waals surface area contributed by atoms with Gasteiger partial charge in [-0.3, -0.25) is 9.89 Å². The largest absolute Gasteiger partial charge is 0.342 e. The van der Waals surface area contributed by atoms with Gasteiger partial charge in [-0.05, 0) is 47.2 Å². The molecule has 0 saturated carbocycles. The Balaban J connectivity index is 2.18. The van der Waals surface area contributed by atoms with Gasteiger partial charge in [0, 0.05) is 11.5 Å². The van der Waals surface area contributed by atoms with Crippen LogP contribution in [0, 0.1) is 4.77 Å². The molecule has 2 N–H and O–H groups in total. The average Bonchev–Trinajstić information content (AvgIpc) is 2.70. The van der Waals surface area contributed by atoms with Gasteiger partial charge < -0.3 is 9.88 Å². The van der Waals surface area contributed by atoms with Gasteiger partial charge in [0.2, 0.25) is 0 Å². The molecule has 0 fully saturated rings. The van der Waals surface area contributed by atoms with Gasteiger partial charge in [0.1, 0.15) is 0 Å². The second-order valence-electron chi connectivity index (χ2n) is 4.12. The third kappa shape index (κ3) is 2.93. The number of rotatable bonds is 3. The van der Waals surface area contributed by atoms with E-state index in [0.29, 0.717) is 16.2 Å². The molecule has 0 aliphatic heterocycles. The number of halogens is 1. The summed E-state index contributed by atoms with van der Waals surface area (Å²) in [6, 6.07) is 7.03. The standard InChI is InChI=1S/C12H13BrN4OS/c1-7(10-15-16-12(19)17(10)2)14-11(18)8-5-3-4-6-9(8)13/h3-7H,1-2H3,(H,14,18)(H,16,19). The number of carbonyl (C=O) groups excluding carboxylic acids is 1. The molecular weight excluding hydrogens is 328 g/mol. The fourth-order valence-corrected chi connectivity index (χ4v) is 2.33. The predicted molar refractivity (Wildman–Crippen MR) is 78.4 cm³/mol. The fourth-order valence-electron chi connectivity index (χ4n) is 1.73. The molecule has 19 heavy (non-hydrogen) atoms. The number of hydrogen-bond donors (Lipinski definition) is 2. The zero-order valence-corrected chi connectivity index (χ0v) is 12.9. The van der Waals surface area contributed by atoms with Crippen molar-refractivity contribution >= 4 is 34.1 Å². The third-order valence-electron chi connectivity index (χ3n) is 2.77. The van der Waals surface area contributed by atoms with Crippen LogP contribution in [0.1, 0.15) is 29.1 Å². The lowest BCUT2D eigenvalue weighted by Gasteiger charge is -2.13. The molecule has 1 aromatic carbocycles. The quantitative estimate of drug-likeness (QED) is 0.844. The van der Waals surface area contributed by atoms with E-state index in [1.165, 1.54) is 0 Å². The first-order valence-electron chi connectivity index (χ1n) is 5.67. The molecule has 0 aliphatic rings. The Kier molecular flexibility index (Phi) is 4.16. The number of nitrogens with zero attached hydrogens (tertiary/aromatic N) is 2. The van der Waals surface area contributed by atoms with Gasteiger partial charge in [0.15, 0.2) is 10.6 Å². The van der Waals surface area contributed by atoms with Crippen LogP contribution in [0.3, 0.4) is 0 Å². The van der Waals surface area contributed by atoms with Gasteiger partial charge in [0.05, 0.1) is 11.6 Å². The van der Waals surface area contributed by atoms with E-state index in [2.05, 4.69) is 31.4 Å². The number of aromatic amines is 1. The molecule has 1 aromatic heterocycles. The molecule has 100 valence electrons. The lowest BCUT2D eigenvalue weighted by atomic mass is 10.2. The van der Waals surface area contributed by atoms with Crippen molar-refractivity contribution in [3.63, 3.8) is 0 Å². The molecule has 1 amide bonds. The molecule has 2 aromatic rings. The van der Waals surface area contributed by atoms with Crippen LogP contribution in [0.4, 0.5) is 0 Å². The van der Waals surface area contributed by atoms with E-state index in [0.717, 1.165) is 4.47 Å². The van der Waals surface area contributed by atoms with Crippen LogP contribution in [0.25, 0.3) is 0 Å². The number of carbonyl (C=O) groups is 1. The van der Waals surface area contributed by atoms with Crippen molar-refractivity contribution < 1.29 is 4.79 Å². The number of benzene rings is 1. The molecule has 5 nitrogen and oxygen atoms in total. The topological polar surface area (TPSA) is 62.7 Å². The lowest BCUT2D eigenvalue weighted by molar-refractivity contribution is 0.0937. The molecule has 0 spiro atoms. The minimum Gasteiger partial charge on any atom is -0.342 e. The summed E-state index contributed by atoms with van der Waals surface area (Å²) in [5.74, 6) is 0.527. The maximum absolute atomic E-state index is 12.2. The van der Waals surface area contributed by atoms with Gasteiger partial charge in [-0.25, -0.2) is 0 Å². The minimum atomic E-state index is -0.238. The average molecular weight is 341 g/mol. The van der Waals surface area contributed by atoms with Crippen molar-refractivity contribution in [3.05, 3.63) is 44.9 Å². The highest BCUT2D eigenvalue weighted by atomic mass is 79.9. The summed E-state index contributed by atoms with van der Waals surface area (Å²) < 4.78 is 3.02. The van der Waals surface area contributed by atoms with Crippen molar-refractivity contribution in [2.45, 2.75) is 13.0 Å². The lowest BCUT2D eigenvalue weighted by Crippen LogP contribution is -2.28. The van der Waals surface area contributed by atoms with Crippen LogP contribution in [0.5, 0.6) is 0 Å². The molecule has 7 heteroatoms. The van der Waals surface area contributed by atoms with Gasteiger partial charge in [-0.1, -0.05) is 12.1 Å². The third-order valence-corrected chi connectivity index (χ3v) is 3.82. The van der Waals surface area contributed by atoms with E-state index >= 15 is 0 Å². The highest BCUT2D eigenvalue weighted by Gasteiger charge is 2.17. The first-order valence-corrected chi connectivity index (χ1v) is 6.87. The molecule has 0 bridgehead atoms. The zero-order chi connectivity index (χ0) is 14.0. The first kappa shape index (κ1) is 14.0. The van der Waals surface area contributed by atoms with Crippen molar-refractivity contribution in [1.29, 1.82) is 0 Å². The van der Waals surface area contributed by atoms with Crippen LogP contribution in [0.2, 0.25) is 0 Å². The Morgan fingerprint density at radius 2 is 2.21 bits per heavy atom. The summed E-state index contributed by atoms with van der Waals surface area (Å²) >= 11 is 8.40. The van der Waals surface area contributed by atoms with Gasteiger partial charge in [-0.15, -0.1) is 0 Å². The zero-order valence-electron chi connectivity index (χ0n) is 10.5. The van der Waals surface area contributed by atoms with Crippen molar-refractivity contribution in [2.75, 3.05) is 0 Å². The molecule has 0 radical (unpaired) electrons. The monoisotopic (exact) mass is 340 g/mol. The van der Waals surface area contributed by atoms with E-state index in [1.807, 2.05) is 32.2 Å². The number of H-pyrrole nitrogens is 1. The molecule has 0 saturated heterocycles. The highest BCUT2D eigenvalue weighted by molar-refractivity contribution is 9.10. The second-order valence-corrected chi connectivity index (χ2v) is 5.36. The Labute approximate surface area is 124 Å². The summed E-state index contributed by atoms with van der Waals surface area (Å²) in [6.45, 7) is 1.86. The van der Waals surface area contributed by atoms with Crippen molar-refractivity contribution in [3.8, 4) is 0 Å². The number of amides is 1. The van der Waals surface area contributed by atoms with Crippen molar-refractivity contribution in [2.24, 2.45) is 7.05 Å². The number of hydrogen-bond acceptors (Lipinski definition) is 3. The van der Waals surface area contributed by atoms with E-state index in [-0.39, 0.29) is 11.9 Å². The number of aromatic nitrogens is 3. The SMILES string of the molecule is CC(NC(=O)c1ccccc1Br)c1n[nH]c(=S)n1C. The summed E-state index contributed by atoms with van der Waals surface area (Å²) in [5.41, 5.74) is 0.589. The Morgan fingerprint density at radius 3 is 2.79 bits per heavy atom. The summed E-state index contributed by atoms with van der Waals surface area (Å²) in [7, 11) is 1.81. The predicted octanol–water partition coefficient (Wildman–Crippen LogP) is 2.73. The summed E-state index contributed by atoms with van der Waals surface area (Å²) in [5, 5.41) is 9.69. The van der Waals surface area contributed by atoms with E-state index in [1.54, 1.807) is 10.6 Å². The normalized spacial score (nSPS) is 12.2. The van der Waals surface area contributed by atoms with Crippen LogP contribution in [-0.4, -0.2) is 20.7 Å². The molecule has 1 unspecified atom stereocenters. The Morgan fingerprint density at radius 1 is 1.53 bits per heavy atom. The van der Waals surface area contributed by atoms with E-state index in [4.69, 9.17) is 12.2 Å². The smallest absolute Gasteiger partial charge is 0.253 e. The van der Waals surface area contributed by atoms with Crippen molar-refractivity contribution in [1.82, 2.24) is 20.1 Å². The number of nitrogens with one attached hydrogen (secondary N) is 2. The Bertz CT molecular complexity index is 664. The van der Waals surface area contributed by atoms with E-state index in [9.17, 15) is 4.79 Å². The second kappa shape index (κ2) is 5.66. The molecule has 2 rings (SSSR count). The fraction of sp³-hybridized carbons (Fsp3) is 0.250. The maximum Gasteiger partial charge on any atom is 0.253 e. The molecule has 1 heterocycles.